The molecule has 2 aromatic heterocycles. The Kier molecular flexibility index (Phi) is 3.46. The standard InChI is InChI=1S/C16H18N4O2/c1-19-10-8-17-14(19)16(21,15-18-9-11-20(15)2)12-4-6-13(22-3)7-5-12/h4-11,21H,1-3H3. The third-order valence-electron chi connectivity index (χ3n) is 3.80. The van der Waals surface area contributed by atoms with Crippen molar-refractivity contribution in [3.63, 3.8) is 0 Å². The van der Waals surface area contributed by atoms with Crippen molar-refractivity contribution >= 4 is 0 Å². The van der Waals surface area contributed by atoms with E-state index in [-0.39, 0.29) is 0 Å². The maximum absolute atomic E-state index is 11.5. The molecule has 6 nitrogen and oxygen atoms in total. The highest BCUT2D eigenvalue weighted by atomic mass is 16.5. The minimum atomic E-state index is -1.44. The van der Waals surface area contributed by atoms with Gasteiger partial charge >= 0.3 is 0 Å². The van der Waals surface area contributed by atoms with Crippen LogP contribution in [0.5, 0.6) is 5.75 Å². The molecule has 3 aromatic rings. The van der Waals surface area contributed by atoms with E-state index in [9.17, 15) is 5.11 Å². The van der Waals surface area contributed by atoms with Crippen LogP contribution in [-0.4, -0.2) is 31.3 Å². The molecule has 1 N–H and O–H groups in total. The summed E-state index contributed by atoms with van der Waals surface area (Å²) in [6, 6.07) is 7.27. The zero-order valence-corrected chi connectivity index (χ0v) is 12.8. The highest BCUT2D eigenvalue weighted by Crippen LogP contribution is 2.35. The molecule has 0 radical (unpaired) electrons. The molecule has 114 valence electrons. The first-order valence-electron chi connectivity index (χ1n) is 6.90. The minimum Gasteiger partial charge on any atom is -0.497 e. The van der Waals surface area contributed by atoms with Crippen LogP contribution < -0.4 is 4.74 Å². The Balaban J connectivity index is 2.23. The molecule has 0 aliphatic carbocycles. The molecule has 3 rings (SSSR count). The zero-order valence-electron chi connectivity index (χ0n) is 12.8. The van der Waals surface area contributed by atoms with Gasteiger partial charge in [0.2, 0.25) is 5.60 Å². The average molecular weight is 298 g/mol. The molecule has 0 saturated carbocycles. The van der Waals surface area contributed by atoms with E-state index < -0.39 is 5.60 Å². The van der Waals surface area contributed by atoms with Gasteiger partial charge in [-0.25, -0.2) is 9.97 Å². The molecule has 22 heavy (non-hydrogen) atoms. The second-order valence-electron chi connectivity index (χ2n) is 5.16. The average Bonchev–Trinajstić information content (AvgIpc) is 3.15. The molecular weight excluding hydrogens is 280 g/mol. The fourth-order valence-electron chi connectivity index (χ4n) is 2.62. The Bertz CT molecular complexity index is 733. The molecule has 0 fully saturated rings. The van der Waals surface area contributed by atoms with E-state index in [1.807, 2.05) is 38.4 Å². The molecule has 0 amide bonds. The first-order valence-corrected chi connectivity index (χ1v) is 6.90. The van der Waals surface area contributed by atoms with E-state index in [1.54, 1.807) is 41.0 Å². The largest absolute Gasteiger partial charge is 0.497 e. The summed E-state index contributed by atoms with van der Waals surface area (Å²) in [5.41, 5.74) is -0.764. The molecule has 0 aliphatic rings. The lowest BCUT2D eigenvalue weighted by Crippen LogP contribution is -2.35. The summed E-state index contributed by atoms with van der Waals surface area (Å²) in [4.78, 5) is 8.66. The van der Waals surface area contributed by atoms with Crippen LogP contribution in [0.25, 0.3) is 0 Å². The summed E-state index contributed by atoms with van der Waals surface area (Å²) >= 11 is 0. The van der Waals surface area contributed by atoms with E-state index in [0.717, 1.165) is 5.75 Å². The van der Waals surface area contributed by atoms with Crippen molar-refractivity contribution in [2.45, 2.75) is 5.60 Å². The predicted molar refractivity (Wildman–Crippen MR) is 81.5 cm³/mol. The normalized spacial score (nSPS) is 11.6. The number of aromatic nitrogens is 4. The topological polar surface area (TPSA) is 65.1 Å². The van der Waals surface area contributed by atoms with Gasteiger partial charge in [-0.1, -0.05) is 12.1 Å². The monoisotopic (exact) mass is 298 g/mol. The highest BCUT2D eigenvalue weighted by molar-refractivity contribution is 5.40. The molecule has 0 atom stereocenters. The van der Waals surface area contributed by atoms with Gasteiger partial charge < -0.3 is 19.0 Å². The van der Waals surface area contributed by atoms with Crippen LogP contribution in [0.1, 0.15) is 17.2 Å². The molecule has 0 saturated heterocycles. The number of benzene rings is 1. The van der Waals surface area contributed by atoms with E-state index in [1.165, 1.54) is 0 Å². The van der Waals surface area contributed by atoms with Crippen LogP contribution in [0, 0.1) is 0 Å². The van der Waals surface area contributed by atoms with Gasteiger partial charge in [-0.05, 0) is 17.7 Å². The fourth-order valence-corrected chi connectivity index (χ4v) is 2.62. The smallest absolute Gasteiger partial charge is 0.206 e. The van der Waals surface area contributed by atoms with E-state index >= 15 is 0 Å². The molecule has 6 heteroatoms. The molecule has 2 heterocycles. The van der Waals surface area contributed by atoms with E-state index in [0.29, 0.717) is 17.2 Å². The number of aryl methyl sites for hydroxylation is 2. The van der Waals surface area contributed by atoms with Crippen LogP contribution in [0.3, 0.4) is 0 Å². The van der Waals surface area contributed by atoms with Crippen LogP contribution in [0.2, 0.25) is 0 Å². The molecule has 0 spiro atoms. The number of rotatable bonds is 4. The van der Waals surface area contributed by atoms with Crippen molar-refractivity contribution in [1.29, 1.82) is 0 Å². The van der Waals surface area contributed by atoms with Gasteiger partial charge in [0.1, 0.15) is 5.75 Å². The van der Waals surface area contributed by atoms with Crippen molar-refractivity contribution in [2.75, 3.05) is 7.11 Å². The fraction of sp³-hybridized carbons (Fsp3) is 0.250. The van der Waals surface area contributed by atoms with Gasteiger partial charge in [0.15, 0.2) is 11.6 Å². The molecule has 1 aromatic carbocycles. The Morgan fingerprint density at radius 1 is 0.955 bits per heavy atom. The lowest BCUT2D eigenvalue weighted by atomic mass is 9.91. The SMILES string of the molecule is COc1ccc(C(O)(c2nccn2C)c2nccn2C)cc1. The molecule has 0 unspecified atom stereocenters. The number of hydrogen-bond donors (Lipinski definition) is 1. The summed E-state index contributed by atoms with van der Waals surface area (Å²) in [6.45, 7) is 0. The quantitative estimate of drug-likeness (QED) is 0.791. The van der Waals surface area contributed by atoms with Crippen molar-refractivity contribution in [3.8, 4) is 5.75 Å². The molecular formula is C16H18N4O2. The zero-order chi connectivity index (χ0) is 15.7. The molecule has 0 aliphatic heterocycles. The number of hydrogen-bond acceptors (Lipinski definition) is 4. The summed E-state index contributed by atoms with van der Waals surface area (Å²) in [6.07, 6.45) is 6.92. The van der Waals surface area contributed by atoms with Crippen LogP contribution in [0.4, 0.5) is 0 Å². The minimum absolute atomic E-state index is 0.506. The molecule has 0 bridgehead atoms. The van der Waals surface area contributed by atoms with Crippen LogP contribution in [0.15, 0.2) is 49.1 Å². The lowest BCUT2D eigenvalue weighted by molar-refractivity contribution is 0.0992. The Morgan fingerprint density at radius 3 is 1.82 bits per heavy atom. The lowest BCUT2D eigenvalue weighted by Gasteiger charge is -2.27. The Morgan fingerprint density at radius 2 is 1.45 bits per heavy atom. The maximum atomic E-state index is 11.5. The van der Waals surface area contributed by atoms with E-state index in [2.05, 4.69) is 9.97 Å². The second-order valence-corrected chi connectivity index (χ2v) is 5.16. The van der Waals surface area contributed by atoms with Crippen molar-refractivity contribution in [3.05, 3.63) is 66.3 Å². The third kappa shape index (κ3) is 2.08. The van der Waals surface area contributed by atoms with Crippen molar-refractivity contribution < 1.29 is 9.84 Å². The predicted octanol–water partition coefficient (Wildman–Crippen LogP) is 1.45. The van der Waals surface area contributed by atoms with Gasteiger partial charge in [-0.2, -0.15) is 0 Å². The van der Waals surface area contributed by atoms with Crippen LogP contribution >= 0.6 is 0 Å². The summed E-state index contributed by atoms with van der Waals surface area (Å²) in [5, 5.41) is 11.5. The van der Waals surface area contributed by atoms with Crippen LogP contribution in [-0.2, 0) is 19.7 Å². The number of nitrogens with zero attached hydrogens (tertiary/aromatic N) is 4. The number of aliphatic hydroxyl groups is 1. The summed E-state index contributed by atoms with van der Waals surface area (Å²) < 4.78 is 8.77. The number of methoxy groups -OCH3 is 1. The Labute approximate surface area is 128 Å². The van der Waals surface area contributed by atoms with E-state index in [4.69, 9.17) is 4.74 Å². The summed E-state index contributed by atoms with van der Waals surface area (Å²) in [5.74, 6) is 1.74. The maximum Gasteiger partial charge on any atom is 0.206 e. The first kappa shape index (κ1) is 14.3. The first-order chi connectivity index (χ1) is 10.6. The highest BCUT2D eigenvalue weighted by Gasteiger charge is 2.41. The second kappa shape index (κ2) is 5.31. The van der Waals surface area contributed by atoms with Gasteiger partial charge in [0.25, 0.3) is 0 Å². The third-order valence-corrected chi connectivity index (χ3v) is 3.80. The number of imidazole rings is 2. The summed E-state index contributed by atoms with van der Waals surface area (Å²) in [7, 11) is 5.30. The van der Waals surface area contributed by atoms with Crippen molar-refractivity contribution in [1.82, 2.24) is 19.1 Å². The Hall–Kier alpha value is -2.60. The van der Waals surface area contributed by atoms with Gasteiger partial charge in [0, 0.05) is 38.9 Å². The van der Waals surface area contributed by atoms with Gasteiger partial charge in [-0.3, -0.25) is 0 Å². The van der Waals surface area contributed by atoms with Crippen molar-refractivity contribution in [2.24, 2.45) is 14.1 Å². The number of ether oxygens (including phenoxy) is 1. The van der Waals surface area contributed by atoms with Gasteiger partial charge in [0.05, 0.1) is 7.11 Å². The van der Waals surface area contributed by atoms with Gasteiger partial charge in [-0.15, -0.1) is 0 Å².